The zero-order valence-corrected chi connectivity index (χ0v) is 22.6. The predicted octanol–water partition coefficient (Wildman–Crippen LogP) is 7.57. The van der Waals surface area contributed by atoms with E-state index >= 15 is 0 Å². The molecule has 1 aliphatic heterocycles. The molecule has 1 saturated heterocycles. The highest BCUT2D eigenvalue weighted by molar-refractivity contribution is 6.31. The second kappa shape index (κ2) is 11.8. The molecule has 0 aliphatic carbocycles. The SMILES string of the molecule is C=C/C=C(\C=C/C)Cn1c(=O)cc(NC2CCN(Cc3ccc4ccccc4c3)CC2)c2cc(Cl)ccc21. The molecule has 2 heterocycles. The number of rotatable bonds is 8. The molecule has 38 heavy (non-hydrogen) atoms. The number of hydrogen-bond acceptors (Lipinski definition) is 3. The molecule has 1 N–H and O–H groups in total. The van der Waals surface area contributed by atoms with Crippen molar-refractivity contribution < 1.29 is 0 Å². The Morgan fingerprint density at radius 1 is 1.05 bits per heavy atom. The second-order valence-electron chi connectivity index (χ2n) is 10.00. The summed E-state index contributed by atoms with van der Waals surface area (Å²) in [5.74, 6) is 0. The van der Waals surface area contributed by atoms with Crippen molar-refractivity contribution in [2.75, 3.05) is 18.4 Å². The van der Waals surface area contributed by atoms with Gasteiger partial charge in [-0.3, -0.25) is 9.69 Å². The topological polar surface area (TPSA) is 37.3 Å². The van der Waals surface area contributed by atoms with Crippen molar-refractivity contribution >= 4 is 39.0 Å². The molecule has 3 aromatic carbocycles. The summed E-state index contributed by atoms with van der Waals surface area (Å²) in [6.45, 7) is 9.24. The normalized spacial score (nSPS) is 15.5. The van der Waals surface area contributed by atoms with E-state index < -0.39 is 0 Å². The van der Waals surface area contributed by atoms with Gasteiger partial charge in [-0.1, -0.05) is 78.9 Å². The average molecular weight is 524 g/mol. The van der Waals surface area contributed by atoms with Crippen molar-refractivity contribution in [3.8, 4) is 0 Å². The lowest BCUT2D eigenvalue weighted by Gasteiger charge is -2.33. The quantitative estimate of drug-likeness (QED) is 0.242. The highest BCUT2D eigenvalue weighted by Gasteiger charge is 2.21. The summed E-state index contributed by atoms with van der Waals surface area (Å²) in [5.41, 5.74) is 4.06. The van der Waals surface area contributed by atoms with Crippen molar-refractivity contribution in [2.24, 2.45) is 0 Å². The van der Waals surface area contributed by atoms with Crippen LogP contribution in [0.2, 0.25) is 5.02 Å². The van der Waals surface area contributed by atoms with Crippen LogP contribution in [0.4, 0.5) is 5.69 Å². The standard InChI is InChI=1S/C33H34ClN3O/c1-3-7-24(8-4-2)23-37-32-14-13-28(34)20-30(32)31(21-33(37)38)35-29-15-17-36(18-16-29)22-25-11-12-26-9-5-6-10-27(26)19-25/h3-14,19-21,29,35H,1,15-18,22-23H2,2H3/b8-4-,24-7+. The Hall–Kier alpha value is -3.60. The zero-order valence-electron chi connectivity index (χ0n) is 21.9. The first-order valence-corrected chi connectivity index (χ1v) is 13.7. The second-order valence-corrected chi connectivity index (χ2v) is 10.4. The number of aromatic nitrogens is 1. The van der Waals surface area contributed by atoms with E-state index in [0.717, 1.165) is 54.6 Å². The minimum absolute atomic E-state index is 0.0319. The average Bonchev–Trinajstić information content (AvgIpc) is 2.92. The first kappa shape index (κ1) is 26.0. The van der Waals surface area contributed by atoms with Crippen LogP contribution in [0.1, 0.15) is 25.3 Å². The van der Waals surface area contributed by atoms with Crippen LogP contribution in [-0.4, -0.2) is 28.6 Å². The lowest BCUT2D eigenvalue weighted by Crippen LogP contribution is -2.39. The number of anilines is 1. The van der Waals surface area contributed by atoms with Crippen molar-refractivity contribution in [3.63, 3.8) is 0 Å². The molecule has 0 spiro atoms. The van der Waals surface area contributed by atoms with E-state index in [-0.39, 0.29) is 5.56 Å². The molecular weight excluding hydrogens is 490 g/mol. The van der Waals surface area contributed by atoms with Crippen molar-refractivity contribution in [2.45, 2.75) is 38.9 Å². The lowest BCUT2D eigenvalue weighted by molar-refractivity contribution is 0.211. The molecule has 0 saturated carbocycles. The van der Waals surface area contributed by atoms with Crippen LogP contribution in [-0.2, 0) is 13.1 Å². The molecule has 0 amide bonds. The largest absolute Gasteiger partial charge is 0.382 e. The van der Waals surface area contributed by atoms with Crippen molar-refractivity contribution in [1.82, 2.24) is 9.47 Å². The first-order chi connectivity index (χ1) is 18.5. The Labute approximate surface area is 229 Å². The van der Waals surface area contributed by atoms with Gasteiger partial charge >= 0.3 is 0 Å². The van der Waals surface area contributed by atoms with Gasteiger partial charge in [0.15, 0.2) is 0 Å². The summed E-state index contributed by atoms with van der Waals surface area (Å²) in [7, 11) is 0. The Morgan fingerprint density at radius 3 is 2.61 bits per heavy atom. The van der Waals surface area contributed by atoms with Gasteiger partial charge in [-0.05, 0) is 65.9 Å². The van der Waals surface area contributed by atoms with Crippen molar-refractivity contribution in [1.29, 1.82) is 0 Å². The number of nitrogens with zero attached hydrogens (tertiary/aromatic N) is 2. The van der Waals surface area contributed by atoms with Crippen LogP contribution in [0.5, 0.6) is 0 Å². The van der Waals surface area contributed by atoms with E-state index in [1.807, 2.05) is 43.4 Å². The molecule has 0 bridgehead atoms. The fourth-order valence-corrected chi connectivity index (χ4v) is 5.57. The molecule has 0 atom stereocenters. The van der Waals surface area contributed by atoms with Gasteiger partial charge in [-0.25, -0.2) is 0 Å². The Balaban J connectivity index is 1.31. The molecule has 4 aromatic rings. The maximum absolute atomic E-state index is 13.3. The smallest absolute Gasteiger partial charge is 0.253 e. The Bertz CT molecular complexity index is 1570. The zero-order chi connectivity index (χ0) is 26.5. The number of hydrogen-bond donors (Lipinski definition) is 1. The van der Waals surface area contributed by atoms with E-state index in [1.54, 1.807) is 16.7 Å². The summed E-state index contributed by atoms with van der Waals surface area (Å²) in [5, 5.41) is 7.89. The molecule has 0 radical (unpaired) electrons. The highest BCUT2D eigenvalue weighted by atomic mass is 35.5. The summed E-state index contributed by atoms with van der Waals surface area (Å²) >= 11 is 6.41. The van der Waals surface area contributed by atoms with Gasteiger partial charge < -0.3 is 9.88 Å². The number of piperidine rings is 1. The number of fused-ring (bicyclic) bond motifs is 2. The summed E-state index contributed by atoms with van der Waals surface area (Å²) in [6, 6.07) is 23.0. The summed E-state index contributed by atoms with van der Waals surface area (Å²) < 4.78 is 1.80. The third-order valence-electron chi connectivity index (χ3n) is 7.29. The molecule has 5 rings (SSSR count). The Morgan fingerprint density at radius 2 is 1.84 bits per heavy atom. The maximum Gasteiger partial charge on any atom is 0.253 e. The van der Waals surface area contributed by atoms with Crippen LogP contribution in [0.3, 0.4) is 0 Å². The molecule has 1 aromatic heterocycles. The lowest BCUT2D eigenvalue weighted by atomic mass is 10.0. The van der Waals surface area contributed by atoms with Gasteiger partial charge in [-0.15, -0.1) is 0 Å². The van der Waals surface area contributed by atoms with E-state index in [2.05, 4.69) is 59.3 Å². The fraction of sp³-hybridized carbons (Fsp3) is 0.242. The predicted molar refractivity (Wildman–Crippen MR) is 162 cm³/mol. The number of benzene rings is 3. The van der Waals surface area contributed by atoms with Crippen LogP contribution >= 0.6 is 11.6 Å². The van der Waals surface area contributed by atoms with Gasteiger partial charge in [0, 0.05) is 47.8 Å². The molecule has 1 aliphatic rings. The third kappa shape index (κ3) is 5.93. The molecule has 194 valence electrons. The number of likely N-dealkylation sites (tertiary alicyclic amines) is 1. The van der Waals surface area contributed by atoms with Crippen LogP contribution in [0, 0.1) is 0 Å². The van der Waals surface area contributed by atoms with Gasteiger partial charge in [0.25, 0.3) is 5.56 Å². The van der Waals surface area contributed by atoms with Crippen LogP contribution in [0.15, 0.2) is 108 Å². The molecule has 0 unspecified atom stereocenters. The van der Waals surface area contributed by atoms with E-state index in [9.17, 15) is 4.79 Å². The monoisotopic (exact) mass is 523 g/mol. The third-order valence-corrected chi connectivity index (χ3v) is 7.53. The summed E-state index contributed by atoms with van der Waals surface area (Å²) in [6.07, 6.45) is 9.71. The Kier molecular flexibility index (Phi) is 8.11. The van der Waals surface area contributed by atoms with Crippen LogP contribution < -0.4 is 10.9 Å². The highest BCUT2D eigenvalue weighted by Crippen LogP contribution is 2.28. The van der Waals surface area contributed by atoms with E-state index in [0.29, 0.717) is 17.6 Å². The summed E-state index contributed by atoms with van der Waals surface area (Å²) in [4.78, 5) is 15.8. The number of halogens is 1. The number of pyridine rings is 1. The molecule has 4 nitrogen and oxygen atoms in total. The molecule has 5 heteroatoms. The first-order valence-electron chi connectivity index (χ1n) is 13.3. The fourth-order valence-electron chi connectivity index (χ4n) is 5.40. The van der Waals surface area contributed by atoms with Crippen molar-refractivity contribution in [3.05, 3.63) is 124 Å². The number of allylic oxidation sites excluding steroid dienone is 5. The molecular formula is C33H34ClN3O. The van der Waals surface area contributed by atoms with E-state index in [1.165, 1.54) is 16.3 Å². The molecule has 1 fully saturated rings. The van der Waals surface area contributed by atoms with Gasteiger partial charge in [-0.2, -0.15) is 0 Å². The van der Waals surface area contributed by atoms with Gasteiger partial charge in [0.1, 0.15) is 0 Å². The minimum Gasteiger partial charge on any atom is -0.382 e. The van der Waals surface area contributed by atoms with E-state index in [4.69, 9.17) is 11.6 Å². The maximum atomic E-state index is 13.3. The van der Waals surface area contributed by atoms with Gasteiger partial charge in [0.2, 0.25) is 0 Å². The number of nitrogens with one attached hydrogen (secondary N) is 1. The minimum atomic E-state index is -0.0319. The van der Waals surface area contributed by atoms with Gasteiger partial charge in [0.05, 0.1) is 12.1 Å². The van der Waals surface area contributed by atoms with Crippen LogP contribution in [0.25, 0.3) is 21.7 Å².